The highest BCUT2D eigenvalue weighted by Gasteiger charge is 2.11. The van der Waals surface area contributed by atoms with Crippen molar-refractivity contribution in [1.82, 2.24) is 10.2 Å². The van der Waals surface area contributed by atoms with Crippen LogP contribution in [0.25, 0.3) is 0 Å². The van der Waals surface area contributed by atoms with E-state index in [0.717, 1.165) is 13.1 Å². The second-order valence-corrected chi connectivity index (χ2v) is 1.82. The molecule has 0 atom stereocenters. The number of carbonyl (C=O) groups excluding carboxylic acids is 1. The van der Waals surface area contributed by atoms with Gasteiger partial charge in [0.2, 0.25) is 5.91 Å². The Kier molecular flexibility index (Phi) is 1.48. The predicted molar refractivity (Wildman–Crippen MR) is 29.9 cm³/mol. The summed E-state index contributed by atoms with van der Waals surface area (Å²) in [6.45, 7) is 5.65. The van der Waals surface area contributed by atoms with Crippen LogP contribution in [-0.4, -0.2) is 30.6 Å². The quantitative estimate of drug-likeness (QED) is 0.446. The number of nitrogens with one attached hydrogen (secondary N) is 1. The van der Waals surface area contributed by atoms with Crippen molar-refractivity contribution < 1.29 is 4.79 Å². The Hall–Kier alpha value is -0.570. The van der Waals surface area contributed by atoms with E-state index >= 15 is 0 Å². The van der Waals surface area contributed by atoms with Gasteiger partial charge in [-0.1, -0.05) is 0 Å². The molecule has 3 heteroatoms. The van der Waals surface area contributed by atoms with Crippen molar-refractivity contribution in [2.45, 2.75) is 0 Å². The summed E-state index contributed by atoms with van der Waals surface area (Å²) in [6, 6.07) is 0. The summed E-state index contributed by atoms with van der Waals surface area (Å²) in [6.07, 6.45) is 0. The third-order valence-corrected chi connectivity index (χ3v) is 1.21. The molecule has 0 aromatic carbocycles. The Morgan fingerprint density at radius 3 is 2.75 bits per heavy atom. The first kappa shape index (κ1) is 5.56. The minimum atomic E-state index is -0.0880. The zero-order valence-electron chi connectivity index (χ0n) is 4.68. The van der Waals surface area contributed by atoms with Gasteiger partial charge in [0.25, 0.3) is 0 Å². The number of amides is 1. The molecule has 1 fully saturated rings. The topological polar surface area (TPSA) is 32.3 Å². The van der Waals surface area contributed by atoms with E-state index in [1.165, 1.54) is 0 Å². The van der Waals surface area contributed by atoms with E-state index in [2.05, 4.69) is 12.2 Å². The Bertz CT molecular complexity index is 96.6. The summed E-state index contributed by atoms with van der Waals surface area (Å²) in [5, 5.41) is 3.02. The van der Waals surface area contributed by atoms with E-state index in [9.17, 15) is 4.79 Å². The smallest absolute Gasteiger partial charge is 0.224 e. The maximum absolute atomic E-state index is 10.4. The van der Waals surface area contributed by atoms with Crippen molar-refractivity contribution in [2.24, 2.45) is 0 Å². The van der Waals surface area contributed by atoms with Crippen molar-refractivity contribution in [3.8, 4) is 0 Å². The Balaban J connectivity index is 2.35. The molecule has 1 radical (unpaired) electrons. The molecule has 1 aliphatic heterocycles. The van der Waals surface area contributed by atoms with Gasteiger partial charge in [-0.25, -0.2) is 0 Å². The molecule has 0 bridgehead atoms. The summed E-state index contributed by atoms with van der Waals surface area (Å²) >= 11 is 0. The van der Waals surface area contributed by atoms with Gasteiger partial charge in [0, 0.05) is 20.0 Å². The molecule has 8 heavy (non-hydrogen) atoms. The highest BCUT2D eigenvalue weighted by Crippen LogP contribution is 1.90. The van der Waals surface area contributed by atoms with Crippen molar-refractivity contribution >= 4 is 5.91 Å². The molecule has 1 saturated heterocycles. The van der Waals surface area contributed by atoms with Crippen LogP contribution < -0.4 is 5.32 Å². The summed E-state index contributed by atoms with van der Waals surface area (Å²) < 4.78 is 0. The number of carbonyl (C=O) groups is 1. The predicted octanol–water partition coefficient (Wildman–Crippen LogP) is -0.790. The first-order chi connectivity index (χ1) is 3.80. The fraction of sp³-hybridized carbons (Fsp3) is 0.600. The minimum Gasteiger partial charge on any atom is -0.329 e. The molecule has 0 aliphatic carbocycles. The van der Waals surface area contributed by atoms with E-state index in [0.29, 0.717) is 6.67 Å². The first-order valence-electron chi connectivity index (χ1n) is 2.62. The van der Waals surface area contributed by atoms with E-state index in [4.69, 9.17) is 0 Å². The Morgan fingerprint density at radius 1 is 1.75 bits per heavy atom. The molecule has 1 heterocycles. The summed E-state index contributed by atoms with van der Waals surface area (Å²) in [4.78, 5) is 12.1. The average molecular weight is 113 g/mol. The third kappa shape index (κ3) is 0.980. The molecule has 0 aromatic rings. The number of hydrogen-bond acceptors (Lipinski definition) is 2. The molecule has 3 nitrogen and oxygen atoms in total. The number of hydrogen-bond donors (Lipinski definition) is 1. The monoisotopic (exact) mass is 113 g/mol. The summed E-state index contributed by atoms with van der Waals surface area (Å²) in [5.74, 6) is -0.0880. The van der Waals surface area contributed by atoms with Crippen LogP contribution in [0.5, 0.6) is 0 Å². The number of nitrogens with zero attached hydrogens (tertiary/aromatic N) is 1. The van der Waals surface area contributed by atoms with E-state index < -0.39 is 0 Å². The summed E-state index contributed by atoms with van der Waals surface area (Å²) in [5.41, 5.74) is 0. The zero-order chi connectivity index (χ0) is 5.98. The summed E-state index contributed by atoms with van der Waals surface area (Å²) in [7, 11) is 0. The molecule has 0 spiro atoms. The number of rotatable bonds is 0. The van der Waals surface area contributed by atoms with Crippen LogP contribution in [-0.2, 0) is 4.79 Å². The highest BCUT2D eigenvalue weighted by molar-refractivity contribution is 5.80. The molecule has 0 aromatic heterocycles. The Morgan fingerprint density at radius 2 is 2.50 bits per heavy atom. The Labute approximate surface area is 48.7 Å². The molecule has 0 unspecified atom stereocenters. The lowest BCUT2D eigenvalue weighted by Crippen LogP contribution is -2.26. The molecular formula is C5H9N2O. The van der Waals surface area contributed by atoms with Gasteiger partial charge in [-0.05, 0) is 0 Å². The fourth-order valence-electron chi connectivity index (χ4n) is 0.720. The fourth-order valence-corrected chi connectivity index (χ4v) is 0.720. The van der Waals surface area contributed by atoms with Crippen LogP contribution in [0.3, 0.4) is 0 Å². The molecule has 1 N–H and O–H groups in total. The van der Waals surface area contributed by atoms with E-state index in [1.54, 1.807) is 4.90 Å². The van der Waals surface area contributed by atoms with Gasteiger partial charge in [0.15, 0.2) is 0 Å². The maximum Gasteiger partial charge on any atom is 0.224 e. The lowest BCUT2D eigenvalue weighted by atomic mass is 10.6. The van der Waals surface area contributed by atoms with Crippen LogP contribution in [0, 0.1) is 6.92 Å². The third-order valence-electron chi connectivity index (χ3n) is 1.21. The van der Waals surface area contributed by atoms with Crippen LogP contribution in [0.4, 0.5) is 0 Å². The van der Waals surface area contributed by atoms with E-state index in [1.807, 2.05) is 0 Å². The molecule has 1 amide bonds. The van der Waals surface area contributed by atoms with Gasteiger partial charge >= 0.3 is 0 Å². The second kappa shape index (κ2) is 2.13. The van der Waals surface area contributed by atoms with Crippen molar-refractivity contribution in [3.05, 3.63) is 6.92 Å². The standard InChI is InChI=1S/C5H9N2O/c1-5(8)7-3-2-6-4-7/h6H,1-4H2. The zero-order valence-corrected chi connectivity index (χ0v) is 4.68. The largest absolute Gasteiger partial charge is 0.329 e. The minimum absolute atomic E-state index is 0.0880. The average Bonchev–Trinajstić information content (AvgIpc) is 2.12. The SMILES string of the molecule is [CH2]C(=O)N1CCNC1. The van der Waals surface area contributed by atoms with Gasteiger partial charge in [-0.15, -0.1) is 0 Å². The van der Waals surface area contributed by atoms with Crippen molar-refractivity contribution in [3.63, 3.8) is 0 Å². The van der Waals surface area contributed by atoms with Crippen LogP contribution in [0.15, 0.2) is 0 Å². The normalized spacial score (nSPS) is 19.4. The van der Waals surface area contributed by atoms with Crippen LogP contribution in [0.2, 0.25) is 0 Å². The van der Waals surface area contributed by atoms with Crippen molar-refractivity contribution in [2.75, 3.05) is 19.8 Å². The van der Waals surface area contributed by atoms with Gasteiger partial charge in [-0.3, -0.25) is 10.1 Å². The maximum atomic E-state index is 10.4. The van der Waals surface area contributed by atoms with Crippen LogP contribution in [0.1, 0.15) is 0 Å². The van der Waals surface area contributed by atoms with Gasteiger partial charge in [0.1, 0.15) is 0 Å². The van der Waals surface area contributed by atoms with Crippen LogP contribution >= 0.6 is 0 Å². The molecule has 1 rings (SSSR count). The van der Waals surface area contributed by atoms with Crippen molar-refractivity contribution in [1.29, 1.82) is 0 Å². The van der Waals surface area contributed by atoms with E-state index in [-0.39, 0.29) is 5.91 Å². The lowest BCUT2D eigenvalue weighted by molar-refractivity contribution is -0.125. The highest BCUT2D eigenvalue weighted by atomic mass is 16.2. The van der Waals surface area contributed by atoms with Gasteiger partial charge in [-0.2, -0.15) is 0 Å². The lowest BCUT2D eigenvalue weighted by Gasteiger charge is -2.08. The molecular weight excluding hydrogens is 104 g/mol. The molecule has 45 valence electrons. The van der Waals surface area contributed by atoms with Gasteiger partial charge in [0.05, 0.1) is 6.67 Å². The molecule has 1 aliphatic rings. The van der Waals surface area contributed by atoms with Gasteiger partial charge < -0.3 is 4.90 Å². The molecule has 0 saturated carbocycles. The second-order valence-electron chi connectivity index (χ2n) is 1.82. The first-order valence-corrected chi connectivity index (χ1v) is 2.62.